The maximum atomic E-state index is 12.2. The Balaban J connectivity index is 1.69. The first-order chi connectivity index (χ1) is 9.22. The lowest BCUT2D eigenvalue weighted by Crippen LogP contribution is -2.40. The molecule has 19 heavy (non-hydrogen) atoms. The summed E-state index contributed by atoms with van der Waals surface area (Å²) in [5.74, 6) is -0.0500. The number of nitrogens with one attached hydrogen (secondary N) is 1. The summed E-state index contributed by atoms with van der Waals surface area (Å²) < 4.78 is 1.77. The fraction of sp³-hybridized carbons (Fsp3) is 0.462. The minimum absolute atomic E-state index is 0.0500. The molecular formula is C13H17N5O. The number of hydrogen-bond acceptors (Lipinski definition) is 4. The summed E-state index contributed by atoms with van der Waals surface area (Å²) >= 11 is 0. The van der Waals surface area contributed by atoms with Crippen LogP contribution in [0.5, 0.6) is 0 Å². The number of nitrogens with two attached hydrogens (primary N) is 1. The van der Waals surface area contributed by atoms with Crippen LogP contribution in [0.4, 0.5) is 0 Å². The van der Waals surface area contributed by atoms with Crippen molar-refractivity contribution in [2.75, 3.05) is 0 Å². The molecule has 3 rings (SSSR count). The van der Waals surface area contributed by atoms with Gasteiger partial charge in [-0.1, -0.05) is 0 Å². The lowest BCUT2D eigenvalue weighted by Gasteiger charge is -2.26. The highest BCUT2D eigenvalue weighted by atomic mass is 16.1. The average molecular weight is 259 g/mol. The molecule has 1 aliphatic carbocycles. The van der Waals surface area contributed by atoms with Crippen molar-refractivity contribution < 1.29 is 4.79 Å². The van der Waals surface area contributed by atoms with E-state index in [1.807, 2.05) is 0 Å². The maximum absolute atomic E-state index is 12.2. The van der Waals surface area contributed by atoms with Gasteiger partial charge in [-0.3, -0.25) is 9.20 Å². The SMILES string of the molecule is NC1CCC(NC(=O)c2ccn3cnnc3c2)CC1. The van der Waals surface area contributed by atoms with Gasteiger partial charge in [0, 0.05) is 23.8 Å². The largest absolute Gasteiger partial charge is 0.349 e. The van der Waals surface area contributed by atoms with E-state index in [1.54, 1.807) is 29.1 Å². The van der Waals surface area contributed by atoms with Gasteiger partial charge in [0.2, 0.25) is 0 Å². The molecule has 0 atom stereocenters. The zero-order valence-corrected chi connectivity index (χ0v) is 10.6. The number of carbonyl (C=O) groups excluding carboxylic acids is 1. The molecule has 3 N–H and O–H groups in total. The number of amides is 1. The van der Waals surface area contributed by atoms with Gasteiger partial charge in [0.05, 0.1) is 0 Å². The third kappa shape index (κ3) is 2.58. The van der Waals surface area contributed by atoms with Crippen molar-refractivity contribution in [2.45, 2.75) is 37.8 Å². The van der Waals surface area contributed by atoms with Gasteiger partial charge in [-0.15, -0.1) is 10.2 Å². The first-order valence-corrected chi connectivity index (χ1v) is 6.58. The van der Waals surface area contributed by atoms with Gasteiger partial charge < -0.3 is 11.1 Å². The zero-order valence-electron chi connectivity index (χ0n) is 10.6. The second-order valence-corrected chi connectivity index (χ2v) is 5.10. The fourth-order valence-corrected chi connectivity index (χ4v) is 2.49. The highest BCUT2D eigenvalue weighted by Crippen LogP contribution is 2.17. The Morgan fingerprint density at radius 1 is 1.37 bits per heavy atom. The molecule has 2 aromatic heterocycles. The molecule has 0 saturated heterocycles. The van der Waals surface area contributed by atoms with Crippen LogP contribution < -0.4 is 11.1 Å². The van der Waals surface area contributed by atoms with Crippen molar-refractivity contribution in [1.29, 1.82) is 0 Å². The van der Waals surface area contributed by atoms with E-state index in [2.05, 4.69) is 15.5 Å². The van der Waals surface area contributed by atoms with E-state index >= 15 is 0 Å². The van der Waals surface area contributed by atoms with Crippen molar-refractivity contribution >= 4 is 11.6 Å². The maximum Gasteiger partial charge on any atom is 0.251 e. The minimum atomic E-state index is -0.0500. The third-order valence-electron chi connectivity index (χ3n) is 3.67. The summed E-state index contributed by atoms with van der Waals surface area (Å²) in [5.41, 5.74) is 7.16. The van der Waals surface area contributed by atoms with E-state index in [4.69, 9.17) is 5.73 Å². The Labute approximate surface area is 111 Å². The molecule has 6 nitrogen and oxygen atoms in total. The highest BCUT2D eigenvalue weighted by molar-refractivity contribution is 5.95. The van der Waals surface area contributed by atoms with Gasteiger partial charge in [0.15, 0.2) is 5.65 Å². The predicted molar refractivity (Wildman–Crippen MR) is 70.7 cm³/mol. The highest BCUT2D eigenvalue weighted by Gasteiger charge is 2.20. The molecule has 1 amide bonds. The number of pyridine rings is 1. The van der Waals surface area contributed by atoms with Crippen LogP contribution in [0.1, 0.15) is 36.0 Å². The fourth-order valence-electron chi connectivity index (χ4n) is 2.49. The number of nitrogens with zero attached hydrogens (tertiary/aromatic N) is 3. The second kappa shape index (κ2) is 4.97. The van der Waals surface area contributed by atoms with Gasteiger partial charge in [-0.25, -0.2) is 0 Å². The van der Waals surface area contributed by atoms with Crippen molar-refractivity contribution in [2.24, 2.45) is 5.73 Å². The van der Waals surface area contributed by atoms with Crippen LogP contribution >= 0.6 is 0 Å². The quantitative estimate of drug-likeness (QED) is 0.832. The summed E-state index contributed by atoms with van der Waals surface area (Å²) in [6, 6.07) is 4.05. The lowest BCUT2D eigenvalue weighted by atomic mass is 9.91. The Morgan fingerprint density at radius 3 is 2.95 bits per heavy atom. The molecule has 100 valence electrons. The first-order valence-electron chi connectivity index (χ1n) is 6.58. The van der Waals surface area contributed by atoms with Crippen molar-refractivity contribution in [3.8, 4) is 0 Å². The summed E-state index contributed by atoms with van der Waals surface area (Å²) in [7, 11) is 0. The van der Waals surface area contributed by atoms with Crippen LogP contribution in [-0.2, 0) is 0 Å². The van der Waals surface area contributed by atoms with E-state index < -0.39 is 0 Å². The lowest BCUT2D eigenvalue weighted by molar-refractivity contribution is 0.0926. The van der Waals surface area contributed by atoms with Crippen LogP contribution in [0, 0.1) is 0 Å². The molecule has 0 aliphatic heterocycles. The summed E-state index contributed by atoms with van der Waals surface area (Å²) in [6.45, 7) is 0. The van der Waals surface area contributed by atoms with E-state index in [0.717, 1.165) is 25.7 Å². The molecule has 2 heterocycles. The van der Waals surface area contributed by atoms with Gasteiger partial charge in [0.1, 0.15) is 6.33 Å². The van der Waals surface area contributed by atoms with Gasteiger partial charge in [-0.05, 0) is 37.8 Å². The van der Waals surface area contributed by atoms with Crippen LogP contribution in [0.3, 0.4) is 0 Å². The van der Waals surface area contributed by atoms with Gasteiger partial charge in [-0.2, -0.15) is 0 Å². The Kier molecular flexibility index (Phi) is 3.16. The topological polar surface area (TPSA) is 85.3 Å². The Bertz CT molecular complexity index is 585. The Morgan fingerprint density at radius 2 is 2.16 bits per heavy atom. The number of aromatic nitrogens is 3. The molecule has 2 aromatic rings. The molecule has 1 fully saturated rings. The summed E-state index contributed by atoms with van der Waals surface area (Å²) in [6.07, 6.45) is 7.28. The number of fused-ring (bicyclic) bond motifs is 1. The smallest absolute Gasteiger partial charge is 0.251 e. The number of rotatable bonds is 2. The molecular weight excluding hydrogens is 242 g/mol. The summed E-state index contributed by atoms with van der Waals surface area (Å²) in [4.78, 5) is 12.2. The standard InChI is InChI=1S/C13H17N5O/c14-10-1-3-11(4-2-10)16-13(19)9-5-6-18-8-15-17-12(18)7-9/h5-8,10-11H,1-4,14H2,(H,16,19). The Hall–Kier alpha value is -1.95. The van der Waals surface area contributed by atoms with Crippen molar-refractivity contribution in [3.05, 3.63) is 30.2 Å². The van der Waals surface area contributed by atoms with Crippen LogP contribution in [0.15, 0.2) is 24.7 Å². The van der Waals surface area contributed by atoms with Gasteiger partial charge >= 0.3 is 0 Å². The summed E-state index contributed by atoms with van der Waals surface area (Å²) in [5, 5.41) is 10.8. The molecule has 0 spiro atoms. The third-order valence-corrected chi connectivity index (χ3v) is 3.67. The van der Waals surface area contributed by atoms with Crippen LogP contribution in [0.2, 0.25) is 0 Å². The van der Waals surface area contributed by atoms with Gasteiger partial charge in [0.25, 0.3) is 5.91 Å². The number of carbonyl (C=O) groups is 1. The average Bonchev–Trinajstić information content (AvgIpc) is 2.88. The van der Waals surface area contributed by atoms with Crippen molar-refractivity contribution in [3.63, 3.8) is 0 Å². The van der Waals surface area contributed by atoms with Crippen LogP contribution in [-0.4, -0.2) is 32.6 Å². The first kappa shape index (κ1) is 12.1. The molecule has 0 bridgehead atoms. The van der Waals surface area contributed by atoms with E-state index in [-0.39, 0.29) is 11.9 Å². The second-order valence-electron chi connectivity index (χ2n) is 5.10. The molecule has 0 unspecified atom stereocenters. The minimum Gasteiger partial charge on any atom is -0.349 e. The predicted octanol–water partition coefficient (Wildman–Crippen LogP) is 0.729. The van der Waals surface area contributed by atoms with E-state index in [9.17, 15) is 4.79 Å². The normalized spacial score (nSPS) is 23.4. The monoisotopic (exact) mass is 259 g/mol. The molecule has 0 radical (unpaired) electrons. The molecule has 1 saturated carbocycles. The van der Waals surface area contributed by atoms with Crippen molar-refractivity contribution in [1.82, 2.24) is 19.9 Å². The van der Waals surface area contributed by atoms with E-state index in [0.29, 0.717) is 17.3 Å². The zero-order chi connectivity index (χ0) is 13.2. The molecule has 1 aliphatic rings. The molecule has 0 aromatic carbocycles. The van der Waals surface area contributed by atoms with Crippen LogP contribution in [0.25, 0.3) is 5.65 Å². The van der Waals surface area contributed by atoms with E-state index in [1.165, 1.54) is 0 Å². The molecule has 6 heteroatoms. The number of hydrogen-bond donors (Lipinski definition) is 2.